The van der Waals surface area contributed by atoms with E-state index < -0.39 is 0 Å². The summed E-state index contributed by atoms with van der Waals surface area (Å²) in [6.45, 7) is 156. The number of likely N-dealkylation sites (N-methyl/N-ethyl adjacent to an activating group) is 2. The minimum atomic E-state index is -0.0217. The quantitative estimate of drug-likeness (QED) is 0.0583. The van der Waals surface area contributed by atoms with Gasteiger partial charge in [-0.1, -0.05) is 159 Å². The van der Waals surface area contributed by atoms with E-state index in [1.807, 2.05) is 0 Å². The van der Waals surface area contributed by atoms with E-state index in [4.69, 9.17) is 33.2 Å². The van der Waals surface area contributed by atoms with Crippen molar-refractivity contribution in [2.75, 3.05) is 322 Å². The predicted octanol–water partition coefficient (Wildman–Crippen LogP) is 22.0. The topological polar surface area (TPSA) is 131 Å². The zero-order valence-corrected chi connectivity index (χ0v) is 106. The highest BCUT2D eigenvalue weighted by Crippen LogP contribution is 2.51. The SMILES string of the molecule is CC(C)(C)CC1CC1CC(C)(C)C.CC(C)(C)CC1CC1COC(C)(C)C.CC(C)(C)CNCCN1CCN(CCOC(C)(C)C)CC1.CC(C)(C)COCCN1CCN(CCOC(C)(C)C)CC1.CC(C)(C)NCCN1CCN(CCOC(C)(C)C)CC1.CC(C)(C)OCCN1CCN(CCOC(C)(C)C)CC1.CC1CCN(CC(C)(C)C)C1.CCN1CCN(C(C)C)CC1.CN1CCCN(CC(C)(C)C)CC1. The lowest BCUT2D eigenvalue weighted by molar-refractivity contribution is -0.0280. The van der Waals surface area contributed by atoms with Gasteiger partial charge < -0.3 is 63.4 Å². The van der Waals surface area contributed by atoms with Gasteiger partial charge in [-0.3, -0.25) is 44.1 Å². The van der Waals surface area contributed by atoms with E-state index in [1.54, 1.807) is 0 Å². The van der Waals surface area contributed by atoms with Gasteiger partial charge in [0.15, 0.2) is 0 Å². The molecule has 0 radical (unpaired) electrons. The van der Waals surface area contributed by atoms with E-state index in [9.17, 15) is 0 Å². The van der Waals surface area contributed by atoms with E-state index in [1.165, 1.54) is 189 Å². The molecule has 144 heavy (non-hydrogen) atoms. The summed E-state index contributed by atoms with van der Waals surface area (Å²) in [5.41, 5.74) is 3.31. The van der Waals surface area contributed by atoms with E-state index in [0.29, 0.717) is 32.5 Å². The normalized spacial score (nSPS) is 22.3. The number of hydrogen-bond acceptors (Lipinski definition) is 22. The van der Waals surface area contributed by atoms with Gasteiger partial charge in [0, 0.05) is 247 Å². The van der Waals surface area contributed by atoms with Crippen molar-refractivity contribution < 1.29 is 33.2 Å². The fourth-order valence-electron chi connectivity index (χ4n) is 18.9. The Morgan fingerprint density at radius 3 is 0.868 bits per heavy atom. The van der Waals surface area contributed by atoms with Crippen LogP contribution >= 0.6 is 0 Å². The molecule has 0 aromatic rings. The largest absolute Gasteiger partial charge is 0.380 e. The summed E-state index contributed by atoms with van der Waals surface area (Å²) < 4.78 is 40.5. The second-order valence-corrected chi connectivity index (χ2v) is 60.5. The van der Waals surface area contributed by atoms with Crippen LogP contribution in [0.3, 0.4) is 0 Å². The van der Waals surface area contributed by atoms with Crippen molar-refractivity contribution in [3.63, 3.8) is 0 Å². The second-order valence-electron chi connectivity index (χ2n) is 60.5. The van der Waals surface area contributed by atoms with Crippen LogP contribution in [-0.2, 0) is 33.2 Å². The van der Waals surface area contributed by atoms with Gasteiger partial charge in [0.25, 0.3) is 0 Å². The Hall–Kier alpha value is -0.880. The number of piperazine rings is 5. The standard InChI is InChI=1S/C17H37N3O.C17H36N2O2.C16H35N3O.C16H34N2O2.C13H26O.C13H26.C11H24N2.C10H21N.C9H20N2/c1-16(2,3)15-18-7-8-19-9-11-20(12-10-19)13-14-21-17(4,5)6;1-16(2,3)15-20-13-11-18-7-9-19(10-8-18)12-14-21-17(4,5)6;1-15(2,3)17-7-8-18-9-11-19(12-10-18)13-14-20-16(4,5)6;1-15(2,3)19-13-11-17-7-9-18(10-8-17)12-14-20-16(4,5)6;1-12(2,3)8-10-7-11(10)9-14-13(4,5)6;1-12(2,3)8-10-7-11(10)9-13(4,5)6;1-11(2,3)10-13-7-5-6-12(4)8-9-13;1-9-5-6-11(7-9)8-10(2,3)4;1-4-10-5-7-11(8-6-10)9(2)3/h18H,7-15H2,1-6H3;7-15H2,1-6H3;17H,7-14H2,1-6H3;7-14H2,1-6H3;10-11H,7-9H2,1-6H3;10-11H,7-9H2,1-6H3;5-10H2,1-4H3;9H,5-8H2,1-4H3;9H,4-8H2,1-3H3. The van der Waals surface area contributed by atoms with Crippen molar-refractivity contribution in [1.82, 2.24) is 74.3 Å². The van der Waals surface area contributed by atoms with E-state index in [-0.39, 0.29) is 44.6 Å². The fraction of sp³-hybridized carbons (Fsp3) is 1.00. The molecule has 9 rings (SSSR count). The van der Waals surface area contributed by atoms with Crippen LogP contribution in [0.25, 0.3) is 0 Å². The highest BCUT2D eigenvalue weighted by molar-refractivity contribution is 4.93. The molecule has 7 heterocycles. The lowest BCUT2D eigenvalue weighted by Crippen LogP contribution is -2.50. The summed E-state index contributed by atoms with van der Waals surface area (Å²) in [6, 6.07) is 0.731. The molecule has 0 bridgehead atoms. The van der Waals surface area contributed by atoms with Crippen LogP contribution in [0.4, 0.5) is 0 Å². The van der Waals surface area contributed by atoms with Gasteiger partial charge in [0.2, 0.25) is 0 Å². The second kappa shape index (κ2) is 67.9. The third kappa shape index (κ3) is 89.3. The molecule has 22 heteroatoms. The Morgan fingerprint density at radius 1 is 0.285 bits per heavy atom. The Bertz CT molecular complexity index is 2890. The van der Waals surface area contributed by atoms with Crippen molar-refractivity contribution in [2.24, 2.45) is 67.5 Å². The van der Waals surface area contributed by atoms with Crippen LogP contribution in [-0.4, -0.2) is 431 Å². The molecule has 0 aromatic carbocycles. The lowest BCUT2D eigenvalue weighted by atomic mass is 9.85. The van der Waals surface area contributed by atoms with Crippen LogP contribution in [0.2, 0.25) is 0 Å². The van der Waals surface area contributed by atoms with Crippen LogP contribution in [0.15, 0.2) is 0 Å². The molecule has 9 fully saturated rings. The highest BCUT2D eigenvalue weighted by atomic mass is 16.5. The Kier molecular flexibility index (Phi) is 66.6. The van der Waals surface area contributed by atoms with Crippen molar-refractivity contribution in [2.45, 2.75) is 409 Å². The number of hydrogen-bond donors (Lipinski definition) is 2. The predicted molar refractivity (Wildman–Crippen MR) is 628 cm³/mol. The van der Waals surface area contributed by atoms with E-state index in [2.05, 4.69) is 400 Å². The van der Waals surface area contributed by atoms with Crippen molar-refractivity contribution in [3.8, 4) is 0 Å². The minimum absolute atomic E-state index is 0.0133. The summed E-state index contributed by atoms with van der Waals surface area (Å²) in [4.78, 5) is 32.8. The summed E-state index contributed by atoms with van der Waals surface area (Å²) in [5.74, 6) is 4.78. The third-order valence-electron chi connectivity index (χ3n) is 26.8. The monoisotopic (exact) mass is 2050 g/mol. The van der Waals surface area contributed by atoms with Gasteiger partial charge >= 0.3 is 0 Å². The first-order chi connectivity index (χ1) is 65.7. The van der Waals surface area contributed by atoms with E-state index >= 15 is 0 Å². The zero-order chi connectivity index (χ0) is 110. The molecule has 0 amide bonds. The molecular formula is C122H259N15O7. The number of ether oxygens (including phenoxy) is 7. The fourth-order valence-corrected chi connectivity index (χ4v) is 18.9. The molecule has 7 aliphatic heterocycles. The van der Waals surface area contributed by atoms with Crippen molar-refractivity contribution in [3.05, 3.63) is 0 Å². The Balaban J connectivity index is 0.000000818. The van der Waals surface area contributed by atoms with Crippen LogP contribution in [0, 0.1) is 67.5 Å². The molecule has 5 unspecified atom stereocenters. The van der Waals surface area contributed by atoms with Crippen molar-refractivity contribution in [1.29, 1.82) is 0 Å². The molecule has 2 N–H and O–H groups in total. The van der Waals surface area contributed by atoms with Crippen LogP contribution in [0.1, 0.15) is 363 Å². The van der Waals surface area contributed by atoms with Crippen molar-refractivity contribution >= 4 is 0 Å². The molecule has 7 saturated heterocycles. The molecule has 22 nitrogen and oxygen atoms in total. The number of likely N-dealkylation sites (tertiary alicyclic amines) is 1. The lowest BCUT2D eigenvalue weighted by Gasteiger charge is -2.36. The van der Waals surface area contributed by atoms with Gasteiger partial charge in [0.1, 0.15) is 0 Å². The molecule has 0 spiro atoms. The molecule has 0 aromatic heterocycles. The smallest absolute Gasteiger partial charge is 0.0600 e. The minimum Gasteiger partial charge on any atom is -0.380 e. The number of nitrogens with zero attached hydrogens (tertiary/aromatic N) is 13. The maximum absolute atomic E-state index is 5.80. The molecule has 2 aliphatic carbocycles. The third-order valence-corrected chi connectivity index (χ3v) is 26.8. The number of nitrogens with one attached hydrogen (secondary N) is 2. The maximum Gasteiger partial charge on any atom is 0.0600 e. The Labute approximate surface area is 900 Å². The summed E-state index contributed by atoms with van der Waals surface area (Å²) in [7, 11) is 2.22. The highest BCUT2D eigenvalue weighted by Gasteiger charge is 2.42. The summed E-state index contributed by atoms with van der Waals surface area (Å²) >= 11 is 0. The maximum atomic E-state index is 5.80. The summed E-state index contributed by atoms with van der Waals surface area (Å²) in [5, 5.41) is 7.12. The van der Waals surface area contributed by atoms with Gasteiger partial charge in [-0.25, -0.2) is 0 Å². The zero-order valence-electron chi connectivity index (χ0n) is 106. The molecule has 864 valence electrons. The first kappa shape index (κ1) is 141. The molecular weight excluding hydrogens is 1790 g/mol. The summed E-state index contributed by atoms with van der Waals surface area (Å²) in [6.07, 6.45) is 9.80. The molecule has 9 aliphatic rings. The Morgan fingerprint density at radius 2 is 0.583 bits per heavy atom. The first-order valence-corrected chi connectivity index (χ1v) is 58.9. The molecule has 2 saturated carbocycles. The van der Waals surface area contributed by atoms with Gasteiger partial charge in [-0.15, -0.1) is 0 Å². The first-order valence-electron chi connectivity index (χ1n) is 58.9. The average molecular weight is 2050 g/mol. The van der Waals surface area contributed by atoms with Crippen LogP contribution in [0.5, 0.6) is 0 Å². The van der Waals surface area contributed by atoms with Gasteiger partial charge in [-0.2, -0.15) is 0 Å². The molecule has 5 atom stereocenters. The number of rotatable bonds is 35. The van der Waals surface area contributed by atoms with E-state index in [0.717, 1.165) is 206 Å². The average Bonchev–Trinajstić information content (AvgIpc) is 1.67. The van der Waals surface area contributed by atoms with Gasteiger partial charge in [0.05, 0.1) is 86.5 Å². The van der Waals surface area contributed by atoms with Gasteiger partial charge in [-0.05, 0) is 305 Å². The van der Waals surface area contributed by atoms with Crippen LogP contribution < -0.4 is 10.6 Å².